The minimum Gasteiger partial charge on any atom is -0.328 e. The van der Waals surface area contributed by atoms with Crippen LogP contribution in [0.2, 0.25) is 0 Å². The number of nitrogens with zero attached hydrogens (tertiary/aromatic N) is 2. The molecule has 0 unspecified atom stereocenters. The summed E-state index contributed by atoms with van der Waals surface area (Å²) in [5.74, 6) is -0.927. The summed E-state index contributed by atoms with van der Waals surface area (Å²) in [7, 11) is -2.45. The molecule has 0 spiro atoms. The summed E-state index contributed by atoms with van der Waals surface area (Å²) < 4.78 is 4.22. The maximum Gasteiger partial charge on any atom is 0.327 e. The summed E-state index contributed by atoms with van der Waals surface area (Å²) in [6, 6.07) is 3.22. The van der Waals surface area contributed by atoms with Gasteiger partial charge in [-0.2, -0.15) is 10.5 Å². The van der Waals surface area contributed by atoms with Crippen molar-refractivity contribution in [2.24, 2.45) is 5.92 Å². The van der Waals surface area contributed by atoms with Crippen molar-refractivity contribution in [3.63, 3.8) is 0 Å². The Morgan fingerprint density at radius 3 is 2.20 bits per heavy atom. The summed E-state index contributed by atoms with van der Waals surface area (Å²) >= 11 is 0. The molecule has 0 aliphatic rings. The molecule has 0 aliphatic carbocycles. The zero-order valence-electron chi connectivity index (χ0n) is 4.93. The Morgan fingerprint density at radius 1 is 1.40 bits per heavy atom. The molecule has 0 radical (unpaired) electrons. The summed E-state index contributed by atoms with van der Waals surface area (Å²) in [5, 5.41) is 16.3. The van der Waals surface area contributed by atoms with Gasteiger partial charge in [0.1, 0.15) is 0 Å². The fourth-order valence-electron chi connectivity index (χ4n) is 0.245. The van der Waals surface area contributed by atoms with E-state index in [9.17, 15) is 0 Å². The van der Waals surface area contributed by atoms with Crippen molar-refractivity contribution in [1.29, 1.82) is 10.5 Å². The van der Waals surface area contributed by atoms with Crippen molar-refractivity contribution in [3.8, 4) is 12.1 Å². The van der Waals surface area contributed by atoms with E-state index in [0.717, 1.165) is 0 Å². The van der Waals surface area contributed by atoms with Crippen LogP contribution in [0, 0.1) is 28.6 Å². The zero-order valence-corrected chi connectivity index (χ0v) is 5.82. The molecular weight excluding hydrogens is 155 g/mol. The van der Waals surface area contributed by atoms with E-state index in [0.29, 0.717) is 0 Å². The molecule has 0 amide bonds. The summed E-state index contributed by atoms with van der Waals surface area (Å²) in [5.41, 5.74) is 0. The molecule has 0 aliphatic heterocycles. The summed E-state index contributed by atoms with van der Waals surface area (Å²) in [6.07, 6.45) is 0. The first kappa shape index (κ1) is 9.29. The van der Waals surface area contributed by atoms with Crippen LogP contribution in [-0.2, 0) is 4.52 Å². The maximum atomic E-state index is 8.17. The summed E-state index contributed by atoms with van der Waals surface area (Å²) in [6.45, 7) is -0.258. The Kier molecular flexibility index (Phi) is 4.74. The quantitative estimate of drug-likeness (QED) is 0.560. The molecule has 0 aromatic rings. The monoisotopic (exact) mass is 160 g/mol. The van der Waals surface area contributed by atoms with E-state index in [2.05, 4.69) is 4.52 Å². The van der Waals surface area contributed by atoms with E-state index in [4.69, 9.17) is 20.3 Å². The SMILES string of the molecule is N#CC(C#N)COP(O)O. The van der Waals surface area contributed by atoms with Crippen LogP contribution in [-0.4, -0.2) is 16.4 Å². The van der Waals surface area contributed by atoms with E-state index in [-0.39, 0.29) is 6.61 Å². The first-order chi connectivity index (χ1) is 4.70. The van der Waals surface area contributed by atoms with Crippen molar-refractivity contribution < 1.29 is 14.3 Å². The molecule has 0 atom stereocenters. The van der Waals surface area contributed by atoms with Crippen LogP contribution < -0.4 is 0 Å². The Labute approximate surface area is 59.1 Å². The Morgan fingerprint density at radius 2 is 1.90 bits per heavy atom. The molecule has 2 N–H and O–H groups in total. The van der Waals surface area contributed by atoms with Gasteiger partial charge in [-0.15, -0.1) is 0 Å². The highest BCUT2D eigenvalue weighted by Crippen LogP contribution is 2.24. The first-order valence-electron chi connectivity index (χ1n) is 2.30. The molecule has 0 bridgehead atoms. The third kappa shape index (κ3) is 4.20. The number of rotatable bonds is 3. The van der Waals surface area contributed by atoms with Gasteiger partial charge in [0.05, 0.1) is 18.7 Å². The van der Waals surface area contributed by atoms with Crippen molar-refractivity contribution in [2.75, 3.05) is 6.61 Å². The minimum atomic E-state index is -2.45. The molecule has 10 heavy (non-hydrogen) atoms. The second-order valence-corrected chi connectivity index (χ2v) is 2.12. The van der Waals surface area contributed by atoms with E-state index in [1.165, 1.54) is 0 Å². The average Bonchev–Trinajstić information content (AvgIpc) is 1.90. The fraction of sp³-hybridized carbons (Fsp3) is 0.500. The standard InChI is InChI=1S/C4H5N2O3P/c5-1-4(2-6)3-9-10(7)8/h4,7-8H,3H2. The van der Waals surface area contributed by atoms with Gasteiger partial charge < -0.3 is 14.3 Å². The molecule has 54 valence electrons. The van der Waals surface area contributed by atoms with Crippen LogP contribution in [0.4, 0.5) is 0 Å². The van der Waals surface area contributed by atoms with Gasteiger partial charge in [0, 0.05) is 0 Å². The Bertz CT molecular complexity index is 156. The van der Waals surface area contributed by atoms with E-state index in [1.807, 2.05) is 0 Å². The Balaban J connectivity index is 3.51. The number of hydrogen-bond acceptors (Lipinski definition) is 5. The second kappa shape index (κ2) is 5.10. The van der Waals surface area contributed by atoms with Gasteiger partial charge in [0.2, 0.25) is 0 Å². The van der Waals surface area contributed by atoms with Gasteiger partial charge in [-0.05, 0) is 0 Å². The first-order valence-corrected chi connectivity index (χ1v) is 3.47. The second-order valence-electron chi connectivity index (χ2n) is 1.36. The zero-order chi connectivity index (χ0) is 7.98. The fourth-order valence-corrected chi connectivity index (χ4v) is 0.527. The van der Waals surface area contributed by atoms with E-state index >= 15 is 0 Å². The highest BCUT2D eigenvalue weighted by atomic mass is 31.2. The van der Waals surface area contributed by atoms with Crippen LogP contribution in [0.15, 0.2) is 0 Å². The Hall–Kier alpha value is -0.710. The van der Waals surface area contributed by atoms with E-state index in [1.54, 1.807) is 12.1 Å². The number of hydrogen-bond donors (Lipinski definition) is 2. The largest absolute Gasteiger partial charge is 0.328 e. The van der Waals surface area contributed by atoms with Crippen LogP contribution in [0.3, 0.4) is 0 Å². The number of nitriles is 2. The predicted molar refractivity (Wildman–Crippen MR) is 32.0 cm³/mol. The van der Waals surface area contributed by atoms with Crippen LogP contribution in [0.25, 0.3) is 0 Å². The normalized spacial score (nSPS) is 9.40. The molecular formula is C4H5N2O3P. The lowest BCUT2D eigenvalue weighted by atomic mass is 10.2. The molecule has 0 heterocycles. The van der Waals surface area contributed by atoms with Gasteiger partial charge in [-0.3, -0.25) is 0 Å². The average molecular weight is 160 g/mol. The highest BCUT2D eigenvalue weighted by Gasteiger charge is 2.08. The molecule has 0 saturated heterocycles. The van der Waals surface area contributed by atoms with Crippen LogP contribution in [0.1, 0.15) is 0 Å². The molecule has 5 nitrogen and oxygen atoms in total. The molecule has 0 aromatic carbocycles. The van der Waals surface area contributed by atoms with Gasteiger partial charge in [0.25, 0.3) is 0 Å². The van der Waals surface area contributed by atoms with Crippen molar-refractivity contribution in [3.05, 3.63) is 0 Å². The lowest BCUT2D eigenvalue weighted by molar-refractivity contribution is 0.246. The predicted octanol–water partition coefficient (Wildman–Crippen LogP) is -0.122. The molecule has 0 saturated carbocycles. The molecule has 0 fully saturated rings. The lowest BCUT2D eigenvalue weighted by Crippen LogP contribution is -2.01. The van der Waals surface area contributed by atoms with Crippen molar-refractivity contribution in [2.45, 2.75) is 0 Å². The third-order valence-electron chi connectivity index (χ3n) is 0.668. The van der Waals surface area contributed by atoms with Gasteiger partial charge in [-0.25, -0.2) is 0 Å². The maximum absolute atomic E-state index is 8.17. The van der Waals surface area contributed by atoms with Gasteiger partial charge in [-0.1, -0.05) is 0 Å². The van der Waals surface area contributed by atoms with Crippen molar-refractivity contribution >= 4 is 8.60 Å². The van der Waals surface area contributed by atoms with E-state index < -0.39 is 14.5 Å². The lowest BCUT2D eigenvalue weighted by Gasteiger charge is -2.01. The summed E-state index contributed by atoms with van der Waals surface area (Å²) in [4.78, 5) is 16.3. The smallest absolute Gasteiger partial charge is 0.327 e. The highest BCUT2D eigenvalue weighted by molar-refractivity contribution is 7.39. The molecule has 0 rings (SSSR count). The minimum absolute atomic E-state index is 0.258. The topological polar surface area (TPSA) is 97.3 Å². The molecule has 0 aromatic heterocycles. The van der Waals surface area contributed by atoms with Gasteiger partial charge in [0.15, 0.2) is 5.92 Å². The third-order valence-corrected chi connectivity index (χ3v) is 1.05. The van der Waals surface area contributed by atoms with Crippen molar-refractivity contribution in [1.82, 2.24) is 0 Å². The van der Waals surface area contributed by atoms with Crippen LogP contribution >= 0.6 is 8.60 Å². The van der Waals surface area contributed by atoms with Gasteiger partial charge >= 0.3 is 8.60 Å². The van der Waals surface area contributed by atoms with Crippen LogP contribution in [0.5, 0.6) is 0 Å². The molecule has 6 heteroatoms.